The van der Waals surface area contributed by atoms with Crippen LogP contribution in [0.15, 0.2) is 11.6 Å². The van der Waals surface area contributed by atoms with Crippen LogP contribution in [0, 0.1) is 45.3 Å². The van der Waals surface area contributed by atoms with Crippen molar-refractivity contribution in [1.29, 1.82) is 0 Å². The molecule has 4 aliphatic carbocycles. The van der Waals surface area contributed by atoms with Gasteiger partial charge < -0.3 is 144 Å². The summed E-state index contributed by atoms with van der Waals surface area (Å²) < 4.78 is 59.5. The molecule has 0 aromatic rings. The minimum Gasteiger partial charge on any atom is -0.394 e. The molecule has 8 fully saturated rings. The Kier molecular flexibility index (Phi) is 22.3. The summed E-state index contributed by atoms with van der Waals surface area (Å²) >= 11 is 0. The van der Waals surface area contributed by atoms with Crippen LogP contribution < -0.4 is 0 Å². The number of allylic oxidation sites excluding steroid dienone is 1. The molecule has 35 atom stereocenters. The first-order valence-corrected chi connectivity index (χ1v) is 31.6. The van der Waals surface area contributed by atoms with Crippen LogP contribution >= 0.6 is 0 Å². The maximum absolute atomic E-state index is 12.8. The lowest BCUT2D eigenvalue weighted by molar-refractivity contribution is -0.380. The first-order valence-electron chi connectivity index (χ1n) is 31.6. The standard InChI is InChI=1S/C60H102O29/c1-23(9-13-35(57(4,5)79)87-55-50(89-54-47(77)42(72)38(68)29(20-63)83-54)43(73)39(69)31(85-55)22-80-51-45(75)40(70)36(66)27(18-61)81-51)24-15-16-58(6)32-12-10-25-26(60(32,8)33(65)17-59(24,58)7)11-14-34(56(25,2)3)86-52-48(78)44(74)49(30(21-64)84-52)88-53-46(76)41(71)37(67)28(19-62)82-53/h10,23-24,26-55,61-79H,9,11-22H2,1-8H3/t23-,24-,26-,27-,28-,29-,30-,31-,32+,33-,34+,35-,36-,37-,38-,39-,40?,41+,42+,43-,44-,45-,46-,47-,48-,49-,50-,51-,52+,53+,54+,55+,58+,59-,60+/m0/s1. The Balaban J connectivity index is 0.884. The molecule has 0 aromatic carbocycles. The van der Waals surface area contributed by atoms with Gasteiger partial charge in [0.05, 0.1) is 56.9 Å². The second-order valence-electron chi connectivity index (χ2n) is 28.7. The van der Waals surface area contributed by atoms with E-state index in [9.17, 15) is 97.0 Å². The molecule has 9 aliphatic rings. The molecule has 0 radical (unpaired) electrons. The SMILES string of the molecule is C[C@@H](CC[C@H](O[C@H]1O[C@@H](CO[C@H]2O[C@@H](CO)[C@H](O)C(O)[C@@H]2O)[C@H](O)[C@H](O)[C@@H]1O[C@H]1O[C@@H](CO)[C@H](O)[C@@H](O)[C@@H]1O)C(C)(C)O)[C@@H]1CC[C@]2(C)[C@H]3CC=C4[C@H](CC[C@@H](O[C@H]5O[C@@H](CO)[C@H](O[C@H]6O[C@@H](CO)[C@H](O)[C@@H](O)[C@@H]6O)[C@@H](O)[C@@H]5O)C4(C)C)[C@@]3(C)[C@@H](O)C[C@@]12C. The van der Waals surface area contributed by atoms with Crippen LogP contribution in [0.25, 0.3) is 0 Å². The van der Waals surface area contributed by atoms with E-state index in [1.54, 1.807) is 0 Å². The molecule has 0 bridgehead atoms. The van der Waals surface area contributed by atoms with E-state index in [2.05, 4.69) is 33.8 Å². The van der Waals surface area contributed by atoms with Crippen molar-refractivity contribution >= 4 is 0 Å². The number of hydrogen-bond donors (Lipinski definition) is 19. The second-order valence-corrected chi connectivity index (χ2v) is 28.7. The van der Waals surface area contributed by atoms with Crippen molar-refractivity contribution in [2.75, 3.05) is 33.0 Å². The summed E-state index contributed by atoms with van der Waals surface area (Å²) in [5, 5.41) is 205. The number of aliphatic hydroxyl groups excluding tert-OH is 18. The van der Waals surface area contributed by atoms with E-state index in [-0.39, 0.29) is 35.5 Å². The maximum Gasteiger partial charge on any atom is 0.187 e. The van der Waals surface area contributed by atoms with Crippen molar-refractivity contribution < 1.29 is 144 Å². The smallest absolute Gasteiger partial charge is 0.187 e. The molecule has 5 heterocycles. The molecular formula is C60H102O29. The molecule has 9 rings (SSSR count). The van der Waals surface area contributed by atoms with Gasteiger partial charge in [0.15, 0.2) is 31.5 Å². The Labute approximate surface area is 517 Å². The quantitative estimate of drug-likeness (QED) is 0.0506. The molecule has 1 unspecified atom stereocenters. The van der Waals surface area contributed by atoms with Gasteiger partial charge in [-0.3, -0.25) is 0 Å². The summed E-state index contributed by atoms with van der Waals surface area (Å²) in [6, 6.07) is 0. The minimum absolute atomic E-state index is 0.0310. The molecule has 19 N–H and O–H groups in total. The highest BCUT2D eigenvalue weighted by Crippen LogP contribution is 2.75. The van der Waals surface area contributed by atoms with Gasteiger partial charge in [-0.25, -0.2) is 0 Å². The highest BCUT2D eigenvalue weighted by Gasteiger charge is 2.71. The average molecular weight is 1290 g/mol. The Morgan fingerprint density at radius 3 is 1.52 bits per heavy atom. The number of fused-ring (bicyclic) bond motifs is 5. The van der Waals surface area contributed by atoms with Crippen LogP contribution in [-0.2, 0) is 47.4 Å². The van der Waals surface area contributed by atoms with Crippen LogP contribution in [-0.4, -0.2) is 308 Å². The Hall–Kier alpha value is -1.42. The van der Waals surface area contributed by atoms with Crippen LogP contribution in [0.2, 0.25) is 0 Å². The van der Waals surface area contributed by atoms with E-state index in [4.69, 9.17) is 47.4 Å². The van der Waals surface area contributed by atoms with Gasteiger partial charge in [0.2, 0.25) is 0 Å². The summed E-state index contributed by atoms with van der Waals surface area (Å²) in [4.78, 5) is 0. The summed E-state index contributed by atoms with van der Waals surface area (Å²) in [5.41, 5.74) is -2.49. The maximum atomic E-state index is 12.8. The van der Waals surface area contributed by atoms with Gasteiger partial charge >= 0.3 is 0 Å². The van der Waals surface area contributed by atoms with Gasteiger partial charge in [0.1, 0.15) is 122 Å². The predicted octanol–water partition coefficient (Wildman–Crippen LogP) is -5.41. The molecule has 29 nitrogen and oxygen atoms in total. The average Bonchev–Trinajstić information content (AvgIpc) is 1.66. The number of ether oxygens (including phenoxy) is 10. The van der Waals surface area contributed by atoms with Gasteiger partial charge in [-0.15, -0.1) is 0 Å². The minimum atomic E-state index is -1.96. The highest BCUT2D eigenvalue weighted by molar-refractivity contribution is 5.32. The fourth-order valence-corrected chi connectivity index (χ4v) is 17.1. The van der Waals surface area contributed by atoms with Crippen molar-refractivity contribution in [2.24, 2.45) is 45.3 Å². The van der Waals surface area contributed by atoms with Crippen LogP contribution in [0.4, 0.5) is 0 Å². The summed E-state index contributed by atoms with van der Waals surface area (Å²) in [6.07, 6.45) is -37.7. The molecule has 5 saturated heterocycles. The van der Waals surface area contributed by atoms with E-state index in [0.29, 0.717) is 32.1 Å². The lowest BCUT2D eigenvalue weighted by atomic mass is 9.38. The fourth-order valence-electron chi connectivity index (χ4n) is 17.1. The van der Waals surface area contributed by atoms with E-state index < -0.39 is 227 Å². The van der Waals surface area contributed by atoms with E-state index in [1.807, 2.05) is 13.8 Å². The highest BCUT2D eigenvalue weighted by atomic mass is 16.8. The Morgan fingerprint density at radius 2 is 0.978 bits per heavy atom. The molecule has 0 aromatic heterocycles. The first kappa shape index (κ1) is 71.9. The van der Waals surface area contributed by atoms with Crippen LogP contribution in [0.3, 0.4) is 0 Å². The number of rotatable bonds is 20. The van der Waals surface area contributed by atoms with Crippen molar-refractivity contribution in [3.05, 3.63) is 11.6 Å². The van der Waals surface area contributed by atoms with Crippen molar-refractivity contribution in [3.8, 4) is 0 Å². The molecule has 0 amide bonds. The predicted molar refractivity (Wildman–Crippen MR) is 300 cm³/mol. The zero-order valence-electron chi connectivity index (χ0n) is 51.8. The third-order valence-corrected chi connectivity index (χ3v) is 22.9. The van der Waals surface area contributed by atoms with Crippen molar-refractivity contribution in [1.82, 2.24) is 0 Å². The van der Waals surface area contributed by atoms with Gasteiger partial charge in [0.25, 0.3) is 0 Å². The van der Waals surface area contributed by atoms with E-state index in [0.717, 1.165) is 18.4 Å². The lowest BCUT2D eigenvalue weighted by Crippen LogP contribution is -2.66. The zero-order valence-corrected chi connectivity index (χ0v) is 51.8. The largest absolute Gasteiger partial charge is 0.394 e. The van der Waals surface area contributed by atoms with Gasteiger partial charge in [-0.05, 0) is 99.7 Å². The Morgan fingerprint density at radius 1 is 0.517 bits per heavy atom. The third kappa shape index (κ3) is 13.0. The summed E-state index contributed by atoms with van der Waals surface area (Å²) in [5.74, 6) is -0.0172. The number of hydrogen-bond acceptors (Lipinski definition) is 29. The van der Waals surface area contributed by atoms with Crippen molar-refractivity contribution in [3.63, 3.8) is 0 Å². The second kappa shape index (κ2) is 27.6. The molecular weight excluding hydrogens is 1180 g/mol. The Bertz CT molecular complexity index is 2340. The van der Waals surface area contributed by atoms with Crippen LogP contribution in [0.1, 0.15) is 107 Å². The van der Waals surface area contributed by atoms with E-state index in [1.165, 1.54) is 13.8 Å². The lowest BCUT2D eigenvalue weighted by Gasteiger charge is -2.67. The van der Waals surface area contributed by atoms with Crippen LogP contribution in [0.5, 0.6) is 0 Å². The van der Waals surface area contributed by atoms with E-state index >= 15 is 0 Å². The molecule has 0 spiro atoms. The first-order chi connectivity index (χ1) is 41.7. The molecule has 5 aliphatic heterocycles. The molecule has 89 heavy (non-hydrogen) atoms. The fraction of sp³-hybridized carbons (Fsp3) is 0.967. The summed E-state index contributed by atoms with van der Waals surface area (Å²) in [6.45, 7) is 12.3. The monoisotopic (exact) mass is 1290 g/mol. The van der Waals surface area contributed by atoms with Gasteiger partial charge in [-0.2, -0.15) is 0 Å². The van der Waals surface area contributed by atoms with Crippen molar-refractivity contribution in [2.45, 2.75) is 284 Å². The normalized spacial score (nSPS) is 51.8. The van der Waals surface area contributed by atoms with Gasteiger partial charge in [0, 0.05) is 10.8 Å². The van der Waals surface area contributed by atoms with Gasteiger partial charge in [-0.1, -0.05) is 53.2 Å². The molecule has 516 valence electrons. The number of aliphatic hydroxyl groups is 19. The molecule has 3 saturated carbocycles. The zero-order chi connectivity index (χ0) is 65.5. The molecule has 29 heteroatoms. The summed E-state index contributed by atoms with van der Waals surface area (Å²) in [7, 11) is 0. The topological polar surface area (TPSA) is 477 Å². The third-order valence-electron chi connectivity index (χ3n) is 22.9.